The summed E-state index contributed by atoms with van der Waals surface area (Å²) in [5, 5.41) is 0. The molecule has 1 aromatic rings. The first-order valence-corrected chi connectivity index (χ1v) is 7.11. The summed E-state index contributed by atoms with van der Waals surface area (Å²) in [6, 6.07) is 9.87. The Bertz CT molecular complexity index is 435. The maximum Gasteiger partial charge on any atom is 0.312 e. The first-order chi connectivity index (χ1) is 9.24. The Morgan fingerprint density at radius 3 is 2.68 bits per heavy atom. The number of hydrogen-bond donors (Lipinski definition) is 0. The van der Waals surface area contributed by atoms with Gasteiger partial charge in [0.05, 0.1) is 12.0 Å². The Labute approximate surface area is 113 Å². The Balaban J connectivity index is 1.62. The summed E-state index contributed by atoms with van der Waals surface area (Å²) in [5.41, 5.74) is 1.04. The first kappa shape index (κ1) is 12.7. The van der Waals surface area contributed by atoms with Crippen molar-refractivity contribution in [2.75, 3.05) is 6.61 Å². The van der Waals surface area contributed by atoms with Crippen LogP contribution in [-0.2, 0) is 14.3 Å². The van der Waals surface area contributed by atoms with Crippen LogP contribution in [0.1, 0.15) is 37.9 Å². The SMILES string of the molecule is CC(OC(=O)C1CC2CCC1OC2)c1ccccc1. The van der Waals surface area contributed by atoms with Crippen molar-refractivity contribution in [2.45, 2.75) is 38.4 Å². The van der Waals surface area contributed by atoms with Gasteiger partial charge >= 0.3 is 5.97 Å². The molecule has 0 aromatic heterocycles. The summed E-state index contributed by atoms with van der Waals surface area (Å²) in [6.07, 6.45) is 3.03. The minimum atomic E-state index is -0.186. The van der Waals surface area contributed by atoms with Crippen molar-refractivity contribution >= 4 is 5.97 Å². The molecule has 4 rings (SSSR count). The molecule has 2 bridgehead atoms. The number of fused-ring (bicyclic) bond motifs is 3. The standard InChI is InChI=1S/C16H20O3/c1-11(13-5-3-2-4-6-13)19-16(17)14-9-12-7-8-15(14)18-10-12/h2-6,11-12,14-15H,7-10H2,1H3. The van der Waals surface area contributed by atoms with Crippen molar-refractivity contribution in [1.29, 1.82) is 0 Å². The van der Waals surface area contributed by atoms with Crippen LogP contribution in [0, 0.1) is 11.8 Å². The van der Waals surface area contributed by atoms with E-state index in [0.717, 1.165) is 25.0 Å². The minimum absolute atomic E-state index is 0.0568. The fourth-order valence-corrected chi connectivity index (χ4v) is 3.14. The zero-order chi connectivity index (χ0) is 13.2. The molecule has 0 spiro atoms. The average Bonchev–Trinajstić information content (AvgIpc) is 2.49. The molecule has 0 radical (unpaired) electrons. The van der Waals surface area contributed by atoms with E-state index in [0.29, 0.717) is 5.92 Å². The van der Waals surface area contributed by atoms with Gasteiger partial charge in [0.2, 0.25) is 0 Å². The molecule has 2 heterocycles. The normalized spacial score (nSPS) is 30.9. The van der Waals surface area contributed by atoms with Crippen LogP contribution in [0.15, 0.2) is 30.3 Å². The first-order valence-electron chi connectivity index (χ1n) is 7.11. The van der Waals surface area contributed by atoms with Gasteiger partial charge in [-0.2, -0.15) is 0 Å². The van der Waals surface area contributed by atoms with Crippen molar-refractivity contribution in [3.8, 4) is 0 Å². The van der Waals surface area contributed by atoms with E-state index in [-0.39, 0.29) is 24.1 Å². The largest absolute Gasteiger partial charge is 0.457 e. The Hall–Kier alpha value is -1.35. The molecule has 3 heteroatoms. The zero-order valence-electron chi connectivity index (χ0n) is 11.2. The molecular formula is C16H20O3. The van der Waals surface area contributed by atoms with E-state index < -0.39 is 0 Å². The summed E-state index contributed by atoms with van der Waals surface area (Å²) in [5.74, 6) is 0.402. The molecular weight excluding hydrogens is 240 g/mol. The predicted molar refractivity (Wildman–Crippen MR) is 71.5 cm³/mol. The molecule has 0 amide bonds. The van der Waals surface area contributed by atoms with Gasteiger partial charge in [0, 0.05) is 6.61 Å². The minimum Gasteiger partial charge on any atom is -0.457 e. The molecule has 1 saturated carbocycles. The van der Waals surface area contributed by atoms with Gasteiger partial charge in [-0.3, -0.25) is 4.79 Å². The second kappa shape index (κ2) is 5.33. The molecule has 102 valence electrons. The molecule has 2 saturated heterocycles. The van der Waals surface area contributed by atoms with E-state index in [1.54, 1.807) is 0 Å². The van der Waals surface area contributed by atoms with Gasteiger partial charge in [0.15, 0.2) is 0 Å². The van der Waals surface area contributed by atoms with Crippen molar-refractivity contribution in [3.05, 3.63) is 35.9 Å². The van der Waals surface area contributed by atoms with E-state index >= 15 is 0 Å². The van der Waals surface area contributed by atoms with Crippen molar-refractivity contribution in [1.82, 2.24) is 0 Å². The van der Waals surface area contributed by atoms with Crippen molar-refractivity contribution in [3.63, 3.8) is 0 Å². The van der Waals surface area contributed by atoms with E-state index in [4.69, 9.17) is 9.47 Å². The third-order valence-corrected chi connectivity index (χ3v) is 4.31. The van der Waals surface area contributed by atoms with Crippen LogP contribution in [0.2, 0.25) is 0 Å². The Morgan fingerprint density at radius 2 is 2.11 bits per heavy atom. The fraction of sp³-hybridized carbons (Fsp3) is 0.562. The third-order valence-electron chi connectivity index (χ3n) is 4.31. The molecule has 2 aliphatic heterocycles. The van der Waals surface area contributed by atoms with Crippen LogP contribution in [0.3, 0.4) is 0 Å². The summed E-state index contributed by atoms with van der Waals surface area (Å²) < 4.78 is 11.3. The highest BCUT2D eigenvalue weighted by molar-refractivity contribution is 5.73. The number of carbonyl (C=O) groups excluding carboxylic acids is 1. The van der Waals surface area contributed by atoms with Gasteiger partial charge in [-0.25, -0.2) is 0 Å². The van der Waals surface area contributed by atoms with E-state index in [1.165, 1.54) is 6.42 Å². The summed E-state index contributed by atoms with van der Waals surface area (Å²) in [7, 11) is 0. The van der Waals surface area contributed by atoms with Crippen LogP contribution in [0.5, 0.6) is 0 Å². The smallest absolute Gasteiger partial charge is 0.312 e. The Morgan fingerprint density at radius 1 is 1.32 bits per heavy atom. The summed E-state index contributed by atoms with van der Waals surface area (Å²) in [6.45, 7) is 2.75. The molecule has 4 atom stereocenters. The Kier molecular flexibility index (Phi) is 3.56. The second-order valence-electron chi connectivity index (χ2n) is 5.65. The van der Waals surface area contributed by atoms with Crippen LogP contribution in [-0.4, -0.2) is 18.7 Å². The third kappa shape index (κ3) is 2.66. The van der Waals surface area contributed by atoms with Crippen molar-refractivity contribution < 1.29 is 14.3 Å². The number of ether oxygens (including phenoxy) is 2. The molecule has 3 aliphatic rings. The molecule has 3 nitrogen and oxygen atoms in total. The molecule has 19 heavy (non-hydrogen) atoms. The van der Waals surface area contributed by atoms with Gasteiger partial charge < -0.3 is 9.47 Å². The molecule has 1 aromatic carbocycles. The summed E-state index contributed by atoms with van der Waals surface area (Å²) in [4.78, 5) is 12.3. The quantitative estimate of drug-likeness (QED) is 0.783. The zero-order valence-corrected chi connectivity index (χ0v) is 11.2. The lowest BCUT2D eigenvalue weighted by Crippen LogP contribution is -2.44. The van der Waals surface area contributed by atoms with Crippen molar-refractivity contribution in [2.24, 2.45) is 11.8 Å². The topological polar surface area (TPSA) is 35.5 Å². The van der Waals surface area contributed by atoms with E-state index in [2.05, 4.69) is 0 Å². The predicted octanol–water partition coefficient (Wildman–Crippen LogP) is 3.11. The van der Waals surface area contributed by atoms with Gasteiger partial charge in [-0.1, -0.05) is 30.3 Å². The number of carbonyl (C=O) groups is 1. The van der Waals surface area contributed by atoms with Crippen LogP contribution < -0.4 is 0 Å². The van der Waals surface area contributed by atoms with E-state index in [1.807, 2.05) is 37.3 Å². The lowest BCUT2D eigenvalue weighted by atomic mass is 9.77. The van der Waals surface area contributed by atoms with Gasteiger partial charge in [0.1, 0.15) is 6.10 Å². The van der Waals surface area contributed by atoms with Gasteiger partial charge in [-0.05, 0) is 37.7 Å². The maximum absolute atomic E-state index is 12.3. The van der Waals surface area contributed by atoms with E-state index in [9.17, 15) is 4.79 Å². The highest BCUT2D eigenvalue weighted by Crippen LogP contribution is 2.38. The maximum atomic E-state index is 12.3. The van der Waals surface area contributed by atoms with Crippen LogP contribution in [0.4, 0.5) is 0 Å². The number of hydrogen-bond acceptors (Lipinski definition) is 3. The molecule has 4 unspecified atom stereocenters. The lowest BCUT2D eigenvalue weighted by Gasteiger charge is -2.41. The molecule has 3 fully saturated rings. The molecule has 1 aliphatic carbocycles. The van der Waals surface area contributed by atoms with Crippen LogP contribution in [0.25, 0.3) is 0 Å². The highest BCUT2D eigenvalue weighted by atomic mass is 16.5. The number of benzene rings is 1. The summed E-state index contributed by atoms with van der Waals surface area (Å²) >= 11 is 0. The fourth-order valence-electron chi connectivity index (χ4n) is 3.14. The second-order valence-corrected chi connectivity index (χ2v) is 5.65. The average molecular weight is 260 g/mol. The lowest BCUT2D eigenvalue weighted by molar-refractivity contribution is -0.172. The van der Waals surface area contributed by atoms with Gasteiger partial charge in [0.25, 0.3) is 0 Å². The number of esters is 1. The number of rotatable bonds is 3. The molecule has 0 N–H and O–H groups in total. The van der Waals surface area contributed by atoms with Crippen LogP contribution >= 0.6 is 0 Å². The highest BCUT2D eigenvalue weighted by Gasteiger charge is 2.41. The van der Waals surface area contributed by atoms with Gasteiger partial charge in [-0.15, -0.1) is 0 Å². The monoisotopic (exact) mass is 260 g/mol.